The molecule has 0 saturated carbocycles. The fraction of sp³-hybridized carbons (Fsp3) is 0.370. The minimum atomic E-state index is -0.914. The molecule has 9 nitrogen and oxygen atoms in total. The van der Waals surface area contributed by atoms with Gasteiger partial charge in [0.25, 0.3) is 11.8 Å². The number of carbonyl (C=O) groups excluding carboxylic acids is 3. The molecule has 3 aliphatic rings. The maximum absolute atomic E-state index is 13.5. The molecule has 3 amide bonds. The Labute approximate surface area is 234 Å². The van der Waals surface area contributed by atoms with E-state index in [1.165, 1.54) is 12.1 Å². The number of halogens is 3. The van der Waals surface area contributed by atoms with Crippen molar-refractivity contribution in [3.63, 3.8) is 0 Å². The first-order chi connectivity index (χ1) is 18.8. The molecule has 5 rings (SSSR count). The zero-order valence-electron chi connectivity index (χ0n) is 20.8. The molecule has 0 bridgehead atoms. The van der Waals surface area contributed by atoms with Crippen molar-refractivity contribution in [2.45, 2.75) is 31.4 Å². The van der Waals surface area contributed by atoms with Gasteiger partial charge < -0.3 is 29.7 Å². The molecule has 2 atom stereocenters. The third-order valence-corrected chi connectivity index (χ3v) is 7.23. The number of hydrogen-bond donors (Lipinski definition) is 2. The fourth-order valence-electron chi connectivity index (χ4n) is 4.60. The van der Waals surface area contributed by atoms with Crippen molar-refractivity contribution in [1.29, 1.82) is 0 Å². The van der Waals surface area contributed by atoms with E-state index in [1.807, 2.05) is 0 Å². The monoisotopic (exact) mass is 577 g/mol. The zero-order chi connectivity index (χ0) is 27.5. The largest absolute Gasteiger partial charge is 0.484 e. The van der Waals surface area contributed by atoms with Gasteiger partial charge in [0.05, 0.1) is 23.3 Å². The maximum Gasteiger partial charge on any atom is 0.263 e. The summed E-state index contributed by atoms with van der Waals surface area (Å²) in [6.45, 7) is 0.779. The molecule has 1 aliphatic carbocycles. The number of ether oxygens (including phenoxy) is 3. The number of fused-ring (bicyclic) bond motifs is 1. The second-order valence-electron chi connectivity index (χ2n) is 9.48. The fourth-order valence-corrected chi connectivity index (χ4v) is 4.89. The Morgan fingerprint density at radius 1 is 1.10 bits per heavy atom. The zero-order valence-corrected chi connectivity index (χ0v) is 22.3. The van der Waals surface area contributed by atoms with Gasteiger partial charge in [-0.05, 0) is 49.2 Å². The lowest BCUT2D eigenvalue weighted by Crippen LogP contribution is -2.54. The van der Waals surface area contributed by atoms with Gasteiger partial charge in [0, 0.05) is 42.3 Å². The maximum atomic E-state index is 13.5. The average molecular weight is 578 g/mol. The quantitative estimate of drug-likeness (QED) is 0.520. The number of rotatable bonds is 7. The summed E-state index contributed by atoms with van der Waals surface area (Å²) in [7, 11) is 0. The molecule has 2 aliphatic heterocycles. The SMILES string of the molecule is O=C(COc1ccc(Cl)c(F)c1)NC1=CC(NC(=O)C2CN(C(=O)C3CCOCC3)c3cc(Cl)ccc3O2)C1. The van der Waals surface area contributed by atoms with E-state index in [1.54, 1.807) is 29.2 Å². The van der Waals surface area contributed by atoms with Crippen LogP contribution in [-0.4, -0.2) is 56.2 Å². The Morgan fingerprint density at radius 2 is 1.87 bits per heavy atom. The Kier molecular flexibility index (Phi) is 8.25. The van der Waals surface area contributed by atoms with Gasteiger partial charge in [0.2, 0.25) is 5.91 Å². The summed E-state index contributed by atoms with van der Waals surface area (Å²) in [6, 6.07) is 8.56. The van der Waals surface area contributed by atoms with Crippen LogP contribution < -0.4 is 25.0 Å². The van der Waals surface area contributed by atoms with Crippen molar-refractivity contribution in [3.05, 3.63) is 64.0 Å². The van der Waals surface area contributed by atoms with Crippen molar-refractivity contribution in [2.24, 2.45) is 5.92 Å². The Morgan fingerprint density at radius 3 is 2.62 bits per heavy atom. The molecule has 2 unspecified atom stereocenters. The molecule has 12 heteroatoms. The number of carbonyl (C=O) groups is 3. The van der Waals surface area contributed by atoms with Gasteiger partial charge in [-0.15, -0.1) is 0 Å². The number of nitrogens with zero attached hydrogens (tertiary/aromatic N) is 1. The topological polar surface area (TPSA) is 106 Å². The summed E-state index contributed by atoms with van der Waals surface area (Å²) in [4.78, 5) is 40.2. The van der Waals surface area contributed by atoms with Crippen LogP contribution in [-0.2, 0) is 19.1 Å². The van der Waals surface area contributed by atoms with E-state index in [0.717, 1.165) is 6.07 Å². The number of nitrogens with one attached hydrogen (secondary N) is 2. The van der Waals surface area contributed by atoms with Gasteiger partial charge >= 0.3 is 0 Å². The van der Waals surface area contributed by atoms with Crippen LogP contribution in [0.3, 0.4) is 0 Å². The van der Waals surface area contributed by atoms with Crippen LogP contribution in [0.1, 0.15) is 19.3 Å². The second-order valence-corrected chi connectivity index (χ2v) is 10.3. The molecule has 0 radical (unpaired) electrons. The van der Waals surface area contributed by atoms with Crippen molar-refractivity contribution in [2.75, 3.05) is 31.3 Å². The predicted octanol–water partition coefficient (Wildman–Crippen LogP) is 3.62. The van der Waals surface area contributed by atoms with Gasteiger partial charge in [-0.1, -0.05) is 23.2 Å². The normalized spacial score (nSPS) is 20.6. The van der Waals surface area contributed by atoms with Crippen molar-refractivity contribution in [1.82, 2.24) is 10.6 Å². The lowest BCUT2D eigenvalue weighted by molar-refractivity contribution is -0.130. The first-order valence-electron chi connectivity index (χ1n) is 12.5. The van der Waals surface area contributed by atoms with E-state index < -0.39 is 17.8 Å². The summed E-state index contributed by atoms with van der Waals surface area (Å²) in [5, 5.41) is 6.00. The Hall–Kier alpha value is -3.34. The summed E-state index contributed by atoms with van der Waals surface area (Å²) >= 11 is 11.8. The van der Waals surface area contributed by atoms with Gasteiger partial charge in [-0.3, -0.25) is 14.4 Å². The summed E-state index contributed by atoms with van der Waals surface area (Å²) in [5.41, 5.74) is 1.16. The molecule has 206 valence electrons. The highest BCUT2D eigenvalue weighted by atomic mass is 35.5. The van der Waals surface area contributed by atoms with Crippen LogP contribution in [0.15, 0.2) is 48.2 Å². The van der Waals surface area contributed by atoms with E-state index in [4.69, 9.17) is 37.4 Å². The third-order valence-electron chi connectivity index (χ3n) is 6.69. The molecule has 0 aromatic heterocycles. The number of anilines is 1. The molecule has 1 saturated heterocycles. The molecule has 2 aromatic carbocycles. The number of benzene rings is 2. The first kappa shape index (κ1) is 27.2. The highest BCUT2D eigenvalue weighted by Crippen LogP contribution is 2.37. The van der Waals surface area contributed by atoms with Gasteiger partial charge in [-0.2, -0.15) is 0 Å². The summed E-state index contributed by atoms with van der Waals surface area (Å²) < 4.78 is 30.1. The lowest BCUT2D eigenvalue weighted by atomic mass is 9.97. The molecule has 39 heavy (non-hydrogen) atoms. The molecule has 2 N–H and O–H groups in total. The highest BCUT2D eigenvalue weighted by molar-refractivity contribution is 6.31. The van der Waals surface area contributed by atoms with E-state index in [-0.39, 0.29) is 47.7 Å². The van der Waals surface area contributed by atoms with Crippen LogP contribution in [0.25, 0.3) is 0 Å². The highest BCUT2D eigenvalue weighted by Gasteiger charge is 2.38. The van der Waals surface area contributed by atoms with Crippen LogP contribution in [0.5, 0.6) is 11.5 Å². The summed E-state index contributed by atoms with van der Waals surface area (Å²) in [5.74, 6) is -1.13. The molecule has 1 fully saturated rings. The van der Waals surface area contributed by atoms with Crippen molar-refractivity contribution in [3.8, 4) is 11.5 Å². The standard InChI is InChI=1S/C27H26Cl2FN3O6/c28-16-1-4-23-22(9-16)33(27(36)15-5-7-37-8-6-15)13-24(39-23)26(35)32-18-10-17(11-18)31-25(34)14-38-19-2-3-20(29)21(30)12-19/h1-4,9-10,12,15,18,24H,5-8,11,13-14H2,(H,31,34)(H,32,35). The van der Waals surface area contributed by atoms with Crippen LogP contribution in [0.2, 0.25) is 10.0 Å². The van der Waals surface area contributed by atoms with Gasteiger partial charge in [0.15, 0.2) is 12.7 Å². The van der Waals surface area contributed by atoms with Crippen LogP contribution in [0, 0.1) is 11.7 Å². The van der Waals surface area contributed by atoms with Gasteiger partial charge in [0.1, 0.15) is 17.3 Å². The predicted molar refractivity (Wildman–Crippen MR) is 141 cm³/mol. The molecular formula is C27H26Cl2FN3O6. The minimum Gasteiger partial charge on any atom is -0.484 e. The second kappa shape index (κ2) is 11.8. The summed E-state index contributed by atoms with van der Waals surface area (Å²) in [6.07, 6.45) is 2.43. The van der Waals surface area contributed by atoms with E-state index >= 15 is 0 Å². The number of amides is 3. The molecular weight excluding hydrogens is 552 g/mol. The third kappa shape index (κ3) is 6.46. The average Bonchev–Trinajstić information content (AvgIpc) is 2.92. The lowest BCUT2D eigenvalue weighted by Gasteiger charge is -2.37. The number of hydrogen-bond acceptors (Lipinski definition) is 6. The van der Waals surface area contributed by atoms with Crippen molar-refractivity contribution >= 4 is 46.6 Å². The van der Waals surface area contributed by atoms with Gasteiger partial charge in [-0.25, -0.2) is 4.39 Å². The minimum absolute atomic E-state index is 0.0367. The van der Waals surface area contributed by atoms with E-state index in [2.05, 4.69) is 10.6 Å². The molecule has 2 heterocycles. The first-order valence-corrected chi connectivity index (χ1v) is 13.3. The van der Waals surface area contributed by atoms with Crippen LogP contribution >= 0.6 is 23.2 Å². The van der Waals surface area contributed by atoms with Crippen LogP contribution in [0.4, 0.5) is 10.1 Å². The Balaban J connectivity index is 1.15. The Bertz CT molecular complexity index is 1320. The van der Waals surface area contributed by atoms with E-state index in [0.29, 0.717) is 54.6 Å². The molecule has 0 spiro atoms. The van der Waals surface area contributed by atoms with E-state index in [9.17, 15) is 18.8 Å². The molecule has 2 aromatic rings. The van der Waals surface area contributed by atoms with Crippen molar-refractivity contribution < 1.29 is 33.0 Å². The smallest absolute Gasteiger partial charge is 0.263 e.